The predicted octanol–water partition coefficient (Wildman–Crippen LogP) is 3.51. The summed E-state index contributed by atoms with van der Waals surface area (Å²) in [4.78, 5) is 34.3. The van der Waals surface area contributed by atoms with Crippen LogP contribution < -0.4 is 5.32 Å². The highest BCUT2D eigenvalue weighted by molar-refractivity contribution is 6.25. The lowest BCUT2D eigenvalue weighted by Crippen LogP contribution is -2.19. The van der Waals surface area contributed by atoms with Gasteiger partial charge in [0.15, 0.2) is 5.78 Å². The molecule has 0 fully saturated rings. The quantitative estimate of drug-likeness (QED) is 0.300. The Bertz CT molecular complexity index is 823. The van der Waals surface area contributed by atoms with Gasteiger partial charge < -0.3 is 5.32 Å². The molecule has 0 atom stereocenters. The summed E-state index contributed by atoms with van der Waals surface area (Å²) in [5, 5.41) is 13.2. The van der Waals surface area contributed by atoms with Crippen LogP contribution in [-0.2, 0) is 9.59 Å². The molecule has 2 rings (SSSR count). The number of hydrogen-bond acceptors (Lipinski definition) is 4. The highest BCUT2D eigenvalue weighted by Crippen LogP contribution is 2.18. The molecule has 0 saturated carbocycles. The molecule has 0 saturated heterocycles. The van der Waals surface area contributed by atoms with E-state index in [4.69, 9.17) is 0 Å². The van der Waals surface area contributed by atoms with Crippen molar-refractivity contribution in [3.8, 4) is 0 Å². The number of aryl methyl sites for hydroxylation is 1. The third-order valence-corrected chi connectivity index (χ3v) is 3.45. The first-order valence-electron chi connectivity index (χ1n) is 7.22. The summed E-state index contributed by atoms with van der Waals surface area (Å²) in [7, 11) is 0. The Morgan fingerprint density at radius 2 is 1.71 bits per heavy atom. The van der Waals surface area contributed by atoms with Crippen molar-refractivity contribution >= 4 is 29.1 Å². The molecule has 0 radical (unpaired) electrons. The second-order valence-corrected chi connectivity index (χ2v) is 5.23. The average Bonchev–Trinajstić information content (AvgIpc) is 2.54. The molecule has 122 valence electrons. The van der Waals surface area contributed by atoms with Crippen LogP contribution in [0.3, 0.4) is 0 Å². The van der Waals surface area contributed by atoms with Crippen LogP contribution in [0.25, 0.3) is 6.08 Å². The highest BCUT2D eigenvalue weighted by Gasteiger charge is 2.15. The maximum atomic E-state index is 12.4. The van der Waals surface area contributed by atoms with Crippen molar-refractivity contribution in [3.05, 3.63) is 75.3 Å². The number of amides is 1. The Kier molecular flexibility index (Phi) is 5.21. The van der Waals surface area contributed by atoms with Crippen LogP contribution in [0.2, 0.25) is 0 Å². The Hall–Kier alpha value is -3.28. The van der Waals surface area contributed by atoms with Crippen molar-refractivity contribution in [2.75, 3.05) is 5.32 Å². The van der Waals surface area contributed by atoms with Crippen LogP contribution in [-0.4, -0.2) is 16.6 Å². The topological polar surface area (TPSA) is 89.3 Å². The largest absolute Gasteiger partial charge is 0.322 e. The molecule has 1 N–H and O–H groups in total. The van der Waals surface area contributed by atoms with Crippen LogP contribution in [0.5, 0.6) is 0 Å². The normalized spacial score (nSPS) is 11.0. The van der Waals surface area contributed by atoms with Gasteiger partial charge in [-0.15, -0.1) is 0 Å². The number of nitro groups is 1. The minimum absolute atomic E-state index is 0.0163. The van der Waals surface area contributed by atoms with E-state index in [1.807, 2.05) is 31.2 Å². The summed E-state index contributed by atoms with van der Waals surface area (Å²) in [5.41, 5.74) is 2.04. The number of non-ortho nitro benzene ring substituents is 1. The molecule has 0 aliphatic rings. The van der Waals surface area contributed by atoms with Gasteiger partial charge in [0.05, 0.1) is 10.5 Å². The lowest BCUT2D eigenvalue weighted by Gasteiger charge is -2.08. The van der Waals surface area contributed by atoms with Gasteiger partial charge in [-0.3, -0.25) is 19.7 Å². The van der Waals surface area contributed by atoms with E-state index < -0.39 is 10.8 Å². The summed E-state index contributed by atoms with van der Waals surface area (Å²) >= 11 is 0. The van der Waals surface area contributed by atoms with Gasteiger partial charge in [-0.2, -0.15) is 0 Å². The lowest BCUT2D eigenvalue weighted by molar-refractivity contribution is -0.384. The zero-order chi connectivity index (χ0) is 17.7. The van der Waals surface area contributed by atoms with Crippen molar-refractivity contribution < 1.29 is 14.5 Å². The molecular formula is C18H16N2O4. The van der Waals surface area contributed by atoms with E-state index in [0.29, 0.717) is 5.69 Å². The summed E-state index contributed by atoms with van der Waals surface area (Å²) < 4.78 is 0. The molecule has 6 nitrogen and oxygen atoms in total. The molecule has 24 heavy (non-hydrogen) atoms. The van der Waals surface area contributed by atoms with Gasteiger partial charge in [0.2, 0.25) is 0 Å². The smallest absolute Gasteiger partial charge is 0.269 e. The fraction of sp³-hybridized carbons (Fsp3) is 0.111. The molecule has 0 aromatic heterocycles. The van der Waals surface area contributed by atoms with Crippen LogP contribution in [0.1, 0.15) is 18.1 Å². The number of ketones is 1. The number of nitro benzene ring substituents is 1. The van der Waals surface area contributed by atoms with Crippen LogP contribution in [0, 0.1) is 17.0 Å². The average molecular weight is 324 g/mol. The maximum Gasteiger partial charge on any atom is 0.269 e. The third kappa shape index (κ3) is 4.13. The molecular weight excluding hydrogens is 308 g/mol. The van der Waals surface area contributed by atoms with Crippen LogP contribution in [0.4, 0.5) is 11.4 Å². The van der Waals surface area contributed by atoms with Gasteiger partial charge >= 0.3 is 0 Å². The first-order chi connectivity index (χ1) is 11.4. The number of benzene rings is 2. The minimum Gasteiger partial charge on any atom is -0.322 e. The Balaban J connectivity index is 2.25. The number of rotatable bonds is 5. The van der Waals surface area contributed by atoms with Crippen molar-refractivity contribution in [2.45, 2.75) is 13.8 Å². The van der Waals surface area contributed by atoms with Gasteiger partial charge in [0, 0.05) is 17.8 Å². The predicted molar refractivity (Wildman–Crippen MR) is 91.6 cm³/mol. The Morgan fingerprint density at radius 3 is 2.25 bits per heavy atom. The number of hydrogen-bond donors (Lipinski definition) is 1. The minimum atomic E-state index is -0.556. The highest BCUT2D eigenvalue weighted by atomic mass is 16.6. The molecule has 2 aromatic carbocycles. The molecule has 2 aromatic rings. The summed E-state index contributed by atoms with van der Waals surface area (Å²) in [6.07, 6.45) is 1.54. The monoisotopic (exact) mass is 324 g/mol. The zero-order valence-electron chi connectivity index (χ0n) is 13.3. The van der Waals surface area contributed by atoms with Gasteiger partial charge in [-0.25, -0.2) is 0 Å². The zero-order valence-corrected chi connectivity index (χ0v) is 13.3. The maximum absolute atomic E-state index is 12.4. The summed E-state index contributed by atoms with van der Waals surface area (Å²) in [5.74, 6) is -0.919. The van der Waals surface area contributed by atoms with Gasteiger partial charge in [-0.05, 0) is 43.2 Å². The van der Waals surface area contributed by atoms with Crippen molar-refractivity contribution in [2.24, 2.45) is 0 Å². The first kappa shape index (κ1) is 17.1. The number of Topliss-reactive ketones (excluding diaryl/α,β-unsaturated/α-hetero) is 1. The molecule has 0 spiro atoms. The van der Waals surface area contributed by atoms with Gasteiger partial charge in [-0.1, -0.05) is 24.3 Å². The standard InChI is InChI=1S/C18H16N2O4/c1-12-5-3-4-6-14(12)11-17(13(2)21)18(22)19-15-7-9-16(10-8-15)20(23)24/h3-11H,1-2H3,(H,19,22)/b17-11+. The summed E-state index contributed by atoms with van der Waals surface area (Å²) in [6.45, 7) is 3.21. The second kappa shape index (κ2) is 7.32. The molecule has 0 unspecified atom stereocenters. The van der Waals surface area contributed by atoms with E-state index in [0.717, 1.165) is 11.1 Å². The van der Waals surface area contributed by atoms with Gasteiger partial charge in [0.1, 0.15) is 0 Å². The SMILES string of the molecule is CC(=O)/C(=C\c1ccccc1C)C(=O)Nc1ccc([N+](=O)[O-])cc1. The lowest BCUT2D eigenvalue weighted by atomic mass is 10.0. The Labute approximate surface area is 139 Å². The fourth-order valence-corrected chi connectivity index (χ4v) is 2.10. The fourth-order valence-electron chi connectivity index (χ4n) is 2.10. The van der Waals surface area contributed by atoms with Crippen LogP contribution in [0.15, 0.2) is 54.1 Å². The molecule has 6 heteroatoms. The Morgan fingerprint density at radius 1 is 1.08 bits per heavy atom. The van der Waals surface area contributed by atoms with E-state index >= 15 is 0 Å². The van der Waals surface area contributed by atoms with E-state index in [9.17, 15) is 19.7 Å². The molecule has 0 heterocycles. The number of carbonyl (C=O) groups is 2. The number of carbonyl (C=O) groups excluding carboxylic acids is 2. The first-order valence-corrected chi connectivity index (χ1v) is 7.22. The molecule has 0 aliphatic carbocycles. The van der Waals surface area contributed by atoms with Crippen molar-refractivity contribution in [1.82, 2.24) is 0 Å². The van der Waals surface area contributed by atoms with E-state index in [2.05, 4.69) is 5.32 Å². The molecule has 0 aliphatic heterocycles. The second-order valence-electron chi connectivity index (χ2n) is 5.23. The van der Waals surface area contributed by atoms with Gasteiger partial charge in [0.25, 0.3) is 11.6 Å². The van der Waals surface area contributed by atoms with Crippen molar-refractivity contribution in [3.63, 3.8) is 0 Å². The van der Waals surface area contributed by atoms with E-state index in [1.54, 1.807) is 6.08 Å². The van der Waals surface area contributed by atoms with Crippen molar-refractivity contribution in [1.29, 1.82) is 0 Å². The summed E-state index contributed by atoms with van der Waals surface area (Å²) in [6, 6.07) is 12.8. The molecule has 0 bridgehead atoms. The third-order valence-electron chi connectivity index (χ3n) is 3.45. The number of nitrogens with zero attached hydrogens (tertiary/aromatic N) is 1. The van der Waals surface area contributed by atoms with E-state index in [1.165, 1.54) is 31.2 Å². The van der Waals surface area contributed by atoms with E-state index in [-0.39, 0.29) is 17.0 Å². The number of nitrogens with one attached hydrogen (secondary N) is 1. The number of anilines is 1. The van der Waals surface area contributed by atoms with Crippen LogP contribution >= 0.6 is 0 Å². The molecule has 1 amide bonds.